The number of hydrogen-bond acceptors (Lipinski definition) is 5. The van der Waals surface area contributed by atoms with E-state index in [4.69, 9.17) is 9.47 Å². The third kappa shape index (κ3) is 6.63. The number of methoxy groups -OCH3 is 1. The maximum Gasteiger partial charge on any atom is 0.0898 e. The maximum absolute atomic E-state index is 9.82. The Balaban J connectivity index is 2.21. The molecule has 3 unspecified atom stereocenters. The molecule has 3 atom stereocenters. The first-order valence-corrected chi connectivity index (χ1v) is 6.55. The first-order valence-electron chi connectivity index (χ1n) is 6.55. The van der Waals surface area contributed by atoms with Crippen molar-refractivity contribution < 1.29 is 14.6 Å². The van der Waals surface area contributed by atoms with Gasteiger partial charge in [0.25, 0.3) is 0 Å². The summed E-state index contributed by atoms with van der Waals surface area (Å²) in [5.74, 6) is 0. The Labute approximate surface area is 115 Å². The number of pyridine rings is 1. The van der Waals surface area contributed by atoms with Gasteiger partial charge in [-0.2, -0.15) is 0 Å². The first kappa shape index (κ1) is 16.0. The zero-order chi connectivity index (χ0) is 14.1. The molecule has 2 N–H and O–H groups in total. The molecule has 1 aromatic heterocycles. The standard InChI is InChI=1S/C14H24N2O3/c1-11(9-18-3)19-10-14(17)8-16-12(2)13-5-4-6-15-7-13/h4-7,11-12,14,16-17H,8-10H2,1-3H3. The lowest BCUT2D eigenvalue weighted by atomic mass is 10.1. The molecule has 0 aromatic carbocycles. The molecule has 0 spiro atoms. The smallest absolute Gasteiger partial charge is 0.0898 e. The molecular weight excluding hydrogens is 244 g/mol. The second kappa shape index (κ2) is 8.98. The highest BCUT2D eigenvalue weighted by Gasteiger charge is 2.10. The molecule has 0 saturated heterocycles. The van der Waals surface area contributed by atoms with E-state index >= 15 is 0 Å². The fourth-order valence-electron chi connectivity index (χ4n) is 1.68. The Kier molecular flexibility index (Phi) is 7.59. The van der Waals surface area contributed by atoms with Gasteiger partial charge in [0.05, 0.1) is 25.4 Å². The van der Waals surface area contributed by atoms with Crippen molar-refractivity contribution in [2.24, 2.45) is 0 Å². The zero-order valence-electron chi connectivity index (χ0n) is 11.9. The van der Waals surface area contributed by atoms with Crippen LogP contribution < -0.4 is 5.32 Å². The average molecular weight is 268 g/mol. The third-order valence-corrected chi connectivity index (χ3v) is 2.82. The van der Waals surface area contributed by atoms with Crippen molar-refractivity contribution >= 4 is 0 Å². The van der Waals surface area contributed by atoms with Crippen LogP contribution in [0.4, 0.5) is 0 Å². The fraction of sp³-hybridized carbons (Fsp3) is 0.643. The molecule has 0 aliphatic carbocycles. The van der Waals surface area contributed by atoms with Gasteiger partial charge in [0.2, 0.25) is 0 Å². The van der Waals surface area contributed by atoms with Gasteiger partial charge >= 0.3 is 0 Å². The molecule has 5 nitrogen and oxygen atoms in total. The van der Waals surface area contributed by atoms with Crippen LogP contribution in [0.2, 0.25) is 0 Å². The second-order valence-electron chi connectivity index (χ2n) is 4.67. The Hall–Kier alpha value is -1.01. The summed E-state index contributed by atoms with van der Waals surface area (Å²) >= 11 is 0. The normalized spacial score (nSPS) is 16.0. The molecule has 0 amide bonds. The van der Waals surface area contributed by atoms with Crippen molar-refractivity contribution in [3.63, 3.8) is 0 Å². The molecule has 1 rings (SSSR count). The number of ether oxygens (including phenoxy) is 2. The SMILES string of the molecule is COCC(C)OCC(O)CNC(C)c1cccnc1. The van der Waals surface area contributed by atoms with Gasteiger partial charge in [-0.15, -0.1) is 0 Å². The third-order valence-electron chi connectivity index (χ3n) is 2.82. The highest BCUT2D eigenvalue weighted by Crippen LogP contribution is 2.09. The maximum atomic E-state index is 9.82. The lowest BCUT2D eigenvalue weighted by Crippen LogP contribution is -2.33. The van der Waals surface area contributed by atoms with E-state index in [-0.39, 0.29) is 12.1 Å². The Morgan fingerprint density at radius 2 is 2.16 bits per heavy atom. The van der Waals surface area contributed by atoms with Crippen molar-refractivity contribution in [2.45, 2.75) is 32.1 Å². The van der Waals surface area contributed by atoms with Crippen molar-refractivity contribution in [1.82, 2.24) is 10.3 Å². The van der Waals surface area contributed by atoms with Gasteiger partial charge in [-0.1, -0.05) is 6.07 Å². The van der Waals surface area contributed by atoms with E-state index in [0.29, 0.717) is 19.8 Å². The number of nitrogens with one attached hydrogen (secondary N) is 1. The lowest BCUT2D eigenvalue weighted by molar-refractivity contribution is -0.0315. The van der Waals surface area contributed by atoms with Gasteiger partial charge in [0.15, 0.2) is 0 Å². The van der Waals surface area contributed by atoms with Crippen LogP contribution in [-0.4, -0.2) is 49.2 Å². The molecule has 0 aliphatic rings. The van der Waals surface area contributed by atoms with Gasteiger partial charge in [0.1, 0.15) is 0 Å². The van der Waals surface area contributed by atoms with E-state index in [9.17, 15) is 5.11 Å². The van der Waals surface area contributed by atoms with Gasteiger partial charge in [-0.25, -0.2) is 0 Å². The monoisotopic (exact) mass is 268 g/mol. The number of aliphatic hydroxyl groups excluding tert-OH is 1. The summed E-state index contributed by atoms with van der Waals surface area (Å²) in [7, 11) is 1.63. The molecule has 0 fully saturated rings. The molecule has 5 heteroatoms. The summed E-state index contributed by atoms with van der Waals surface area (Å²) in [6.07, 6.45) is 3.03. The van der Waals surface area contributed by atoms with E-state index in [0.717, 1.165) is 5.56 Å². The van der Waals surface area contributed by atoms with Crippen LogP contribution in [0, 0.1) is 0 Å². The molecule has 0 aliphatic heterocycles. The molecule has 1 aromatic rings. The molecule has 1 heterocycles. The Morgan fingerprint density at radius 3 is 2.79 bits per heavy atom. The number of hydrogen-bond donors (Lipinski definition) is 2. The summed E-state index contributed by atoms with van der Waals surface area (Å²) in [5, 5.41) is 13.1. The van der Waals surface area contributed by atoms with Crippen LogP contribution in [0.15, 0.2) is 24.5 Å². The van der Waals surface area contributed by atoms with Gasteiger partial charge < -0.3 is 19.9 Å². The highest BCUT2D eigenvalue weighted by molar-refractivity contribution is 5.12. The second-order valence-corrected chi connectivity index (χ2v) is 4.67. The zero-order valence-corrected chi connectivity index (χ0v) is 11.9. The predicted molar refractivity (Wildman–Crippen MR) is 74.0 cm³/mol. The van der Waals surface area contributed by atoms with Gasteiger partial charge in [-0.3, -0.25) is 4.98 Å². The average Bonchev–Trinajstić information content (AvgIpc) is 2.44. The minimum atomic E-state index is -0.529. The molecular formula is C14H24N2O3. The molecule has 0 saturated carbocycles. The predicted octanol–water partition coefficient (Wildman–Crippen LogP) is 1.14. The van der Waals surface area contributed by atoms with E-state index in [1.54, 1.807) is 13.3 Å². The Morgan fingerprint density at radius 1 is 1.37 bits per heavy atom. The van der Waals surface area contributed by atoms with Crippen LogP contribution in [0.1, 0.15) is 25.5 Å². The van der Waals surface area contributed by atoms with Crippen LogP contribution in [-0.2, 0) is 9.47 Å². The summed E-state index contributed by atoms with van der Waals surface area (Å²) < 4.78 is 10.4. The van der Waals surface area contributed by atoms with Crippen molar-refractivity contribution in [1.29, 1.82) is 0 Å². The number of aliphatic hydroxyl groups is 1. The Bertz CT molecular complexity index is 335. The van der Waals surface area contributed by atoms with E-state index in [1.165, 1.54) is 0 Å². The minimum Gasteiger partial charge on any atom is -0.389 e. The fourth-order valence-corrected chi connectivity index (χ4v) is 1.68. The molecule has 0 radical (unpaired) electrons. The first-order chi connectivity index (χ1) is 9.13. The topological polar surface area (TPSA) is 63.6 Å². The summed E-state index contributed by atoms with van der Waals surface area (Å²) in [4.78, 5) is 4.07. The minimum absolute atomic E-state index is 0.00426. The van der Waals surface area contributed by atoms with E-state index in [1.807, 2.05) is 32.2 Å². The summed E-state index contributed by atoms with van der Waals surface area (Å²) in [5.41, 5.74) is 1.10. The largest absolute Gasteiger partial charge is 0.389 e. The van der Waals surface area contributed by atoms with Crippen LogP contribution in [0.3, 0.4) is 0 Å². The number of nitrogens with zero attached hydrogens (tertiary/aromatic N) is 1. The molecule has 108 valence electrons. The van der Waals surface area contributed by atoms with Crippen molar-refractivity contribution in [3.8, 4) is 0 Å². The van der Waals surface area contributed by atoms with E-state index < -0.39 is 6.10 Å². The quantitative estimate of drug-likeness (QED) is 0.703. The van der Waals surface area contributed by atoms with Crippen molar-refractivity contribution in [3.05, 3.63) is 30.1 Å². The summed E-state index contributed by atoms with van der Waals surface area (Å²) in [6.45, 7) is 5.28. The summed E-state index contributed by atoms with van der Waals surface area (Å²) in [6, 6.07) is 4.06. The molecule has 0 bridgehead atoms. The lowest BCUT2D eigenvalue weighted by Gasteiger charge is -2.19. The molecule has 19 heavy (non-hydrogen) atoms. The van der Waals surface area contributed by atoms with Gasteiger partial charge in [-0.05, 0) is 25.5 Å². The van der Waals surface area contributed by atoms with Gasteiger partial charge in [0, 0.05) is 32.1 Å². The number of aromatic nitrogens is 1. The van der Waals surface area contributed by atoms with Crippen LogP contribution in [0.25, 0.3) is 0 Å². The van der Waals surface area contributed by atoms with E-state index in [2.05, 4.69) is 10.3 Å². The van der Waals surface area contributed by atoms with Crippen LogP contribution >= 0.6 is 0 Å². The highest BCUT2D eigenvalue weighted by atomic mass is 16.5. The van der Waals surface area contributed by atoms with Crippen molar-refractivity contribution in [2.75, 3.05) is 26.9 Å². The van der Waals surface area contributed by atoms with Crippen LogP contribution in [0.5, 0.6) is 0 Å². The number of rotatable bonds is 9.